The van der Waals surface area contributed by atoms with Gasteiger partial charge >= 0.3 is 0 Å². The Bertz CT molecular complexity index is 926. The number of hydrogen-bond acceptors (Lipinski definition) is 4. The molecule has 2 fully saturated rings. The molecule has 2 heterocycles. The quantitative estimate of drug-likeness (QED) is 0.722. The lowest BCUT2D eigenvalue weighted by atomic mass is 9.99. The van der Waals surface area contributed by atoms with Crippen molar-refractivity contribution in [2.75, 3.05) is 31.6 Å². The number of carbonyl (C=O) groups excluding carboxylic acids is 2. The van der Waals surface area contributed by atoms with E-state index in [4.69, 9.17) is 4.74 Å². The maximum Gasteiger partial charge on any atom is 0.227 e. The highest BCUT2D eigenvalue weighted by Gasteiger charge is 2.35. The molecule has 0 spiro atoms. The first kappa shape index (κ1) is 22.3. The van der Waals surface area contributed by atoms with E-state index in [0.29, 0.717) is 13.1 Å². The highest BCUT2D eigenvalue weighted by atomic mass is 16.5. The van der Waals surface area contributed by atoms with Gasteiger partial charge in [0.05, 0.1) is 13.0 Å². The van der Waals surface area contributed by atoms with E-state index >= 15 is 0 Å². The van der Waals surface area contributed by atoms with Gasteiger partial charge in [0.25, 0.3) is 0 Å². The van der Waals surface area contributed by atoms with E-state index in [9.17, 15) is 9.59 Å². The molecule has 2 aliphatic rings. The third-order valence-electron chi connectivity index (χ3n) is 6.52. The number of amides is 2. The van der Waals surface area contributed by atoms with Crippen LogP contribution in [0.1, 0.15) is 37.3 Å². The molecule has 2 aliphatic heterocycles. The molecule has 0 saturated carbocycles. The Morgan fingerprint density at radius 2 is 1.78 bits per heavy atom. The number of anilines is 1. The Morgan fingerprint density at radius 3 is 2.47 bits per heavy atom. The maximum absolute atomic E-state index is 12.7. The van der Waals surface area contributed by atoms with Crippen LogP contribution < -0.4 is 15.0 Å². The van der Waals surface area contributed by atoms with Crippen LogP contribution in [-0.4, -0.2) is 43.5 Å². The molecule has 32 heavy (non-hydrogen) atoms. The fourth-order valence-electron chi connectivity index (χ4n) is 4.68. The summed E-state index contributed by atoms with van der Waals surface area (Å²) >= 11 is 0. The van der Waals surface area contributed by atoms with Crippen LogP contribution in [0.5, 0.6) is 5.75 Å². The number of methoxy groups -OCH3 is 1. The van der Waals surface area contributed by atoms with Crippen LogP contribution in [-0.2, 0) is 22.7 Å². The zero-order chi connectivity index (χ0) is 22.5. The summed E-state index contributed by atoms with van der Waals surface area (Å²) in [5, 5.41) is 3.01. The van der Waals surface area contributed by atoms with Crippen LogP contribution in [0.4, 0.5) is 5.69 Å². The summed E-state index contributed by atoms with van der Waals surface area (Å²) in [5.74, 6) is 1.10. The van der Waals surface area contributed by atoms with Crippen molar-refractivity contribution in [3.63, 3.8) is 0 Å². The summed E-state index contributed by atoms with van der Waals surface area (Å²) in [4.78, 5) is 29.3. The highest BCUT2D eigenvalue weighted by molar-refractivity contribution is 6.00. The first-order valence-corrected chi connectivity index (χ1v) is 11.5. The third-order valence-corrected chi connectivity index (χ3v) is 6.52. The lowest BCUT2D eigenvalue weighted by Crippen LogP contribution is -2.33. The van der Waals surface area contributed by atoms with Gasteiger partial charge in [-0.25, -0.2) is 0 Å². The van der Waals surface area contributed by atoms with Crippen molar-refractivity contribution in [1.82, 2.24) is 10.2 Å². The molecule has 6 nitrogen and oxygen atoms in total. The third kappa shape index (κ3) is 5.49. The molecular weight excluding hydrogens is 402 g/mol. The van der Waals surface area contributed by atoms with Gasteiger partial charge in [0.1, 0.15) is 5.75 Å². The number of benzene rings is 2. The van der Waals surface area contributed by atoms with Gasteiger partial charge < -0.3 is 15.0 Å². The molecule has 4 rings (SSSR count). The van der Waals surface area contributed by atoms with Crippen molar-refractivity contribution in [2.45, 2.75) is 39.3 Å². The number of nitrogens with one attached hydrogen (secondary N) is 1. The number of rotatable bonds is 7. The van der Waals surface area contributed by atoms with Gasteiger partial charge in [-0.2, -0.15) is 0 Å². The molecule has 2 amide bonds. The largest absolute Gasteiger partial charge is 0.497 e. The van der Waals surface area contributed by atoms with E-state index in [1.807, 2.05) is 24.3 Å². The number of likely N-dealkylation sites (tertiary alicyclic amines) is 1. The minimum absolute atomic E-state index is 0.0216. The summed E-state index contributed by atoms with van der Waals surface area (Å²) < 4.78 is 5.17. The van der Waals surface area contributed by atoms with E-state index in [1.165, 1.54) is 31.5 Å². The van der Waals surface area contributed by atoms with Crippen LogP contribution in [0, 0.1) is 11.8 Å². The van der Waals surface area contributed by atoms with E-state index < -0.39 is 0 Å². The molecule has 0 bridgehead atoms. The predicted molar refractivity (Wildman–Crippen MR) is 125 cm³/mol. The molecule has 0 aliphatic carbocycles. The number of nitrogens with zero attached hydrogens (tertiary/aromatic N) is 2. The van der Waals surface area contributed by atoms with Gasteiger partial charge in [-0.1, -0.05) is 31.2 Å². The van der Waals surface area contributed by atoms with Crippen molar-refractivity contribution in [3.05, 3.63) is 59.7 Å². The number of ether oxygens (including phenoxy) is 1. The number of piperidine rings is 1. The highest BCUT2D eigenvalue weighted by Crippen LogP contribution is 2.27. The Kier molecular flexibility index (Phi) is 7.10. The number of carbonyl (C=O) groups is 2. The van der Waals surface area contributed by atoms with Crippen LogP contribution in [0.2, 0.25) is 0 Å². The van der Waals surface area contributed by atoms with Gasteiger partial charge in [-0.3, -0.25) is 14.5 Å². The predicted octanol–water partition coefficient (Wildman–Crippen LogP) is 3.60. The van der Waals surface area contributed by atoms with Crippen molar-refractivity contribution in [2.24, 2.45) is 11.8 Å². The van der Waals surface area contributed by atoms with Crippen LogP contribution in [0.25, 0.3) is 0 Å². The summed E-state index contributed by atoms with van der Waals surface area (Å²) in [6.07, 6.45) is 2.86. The SMILES string of the molecule is COc1ccc(N2CC(C(=O)NCc3ccc(CN4CCCC(C)C4)cc3)CC2=O)cc1. The maximum atomic E-state index is 12.7. The van der Waals surface area contributed by atoms with Gasteiger partial charge in [-0.05, 0) is 60.7 Å². The second-order valence-electron chi connectivity index (χ2n) is 9.12. The molecule has 0 radical (unpaired) electrons. The van der Waals surface area contributed by atoms with Crippen LogP contribution in [0.3, 0.4) is 0 Å². The van der Waals surface area contributed by atoms with E-state index in [-0.39, 0.29) is 24.2 Å². The van der Waals surface area contributed by atoms with Crippen molar-refractivity contribution in [1.29, 1.82) is 0 Å². The standard InChI is InChI=1S/C26H33N3O3/c1-19-4-3-13-28(16-19)17-21-7-5-20(6-8-21)15-27-26(31)22-14-25(30)29(18-22)23-9-11-24(32-2)12-10-23/h5-12,19,22H,3-4,13-18H2,1-2H3,(H,27,31). The van der Waals surface area contributed by atoms with Gasteiger partial charge in [0, 0.05) is 38.3 Å². The van der Waals surface area contributed by atoms with Gasteiger partial charge in [-0.15, -0.1) is 0 Å². The fraction of sp³-hybridized carbons (Fsp3) is 0.462. The van der Waals surface area contributed by atoms with E-state index in [2.05, 4.69) is 41.4 Å². The van der Waals surface area contributed by atoms with Crippen molar-refractivity contribution in [3.8, 4) is 5.75 Å². The first-order valence-electron chi connectivity index (χ1n) is 11.5. The molecule has 2 unspecified atom stereocenters. The monoisotopic (exact) mass is 435 g/mol. The average molecular weight is 436 g/mol. The van der Waals surface area contributed by atoms with E-state index in [0.717, 1.165) is 29.5 Å². The van der Waals surface area contributed by atoms with Crippen LogP contribution in [0.15, 0.2) is 48.5 Å². The average Bonchev–Trinajstić information content (AvgIpc) is 3.20. The minimum Gasteiger partial charge on any atom is -0.497 e. The van der Waals surface area contributed by atoms with Crippen LogP contribution >= 0.6 is 0 Å². The molecule has 2 aromatic carbocycles. The molecule has 2 saturated heterocycles. The molecule has 2 aromatic rings. The summed E-state index contributed by atoms with van der Waals surface area (Å²) in [6.45, 7) is 6.55. The molecule has 6 heteroatoms. The molecule has 170 valence electrons. The summed E-state index contributed by atoms with van der Waals surface area (Å²) in [6, 6.07) is 15.8. The van der Waals surface area contributed by atoms with Gasteiger partial charge in [0.2, 0.25) is 11.8 Å². The lowest BCUT2D eigenvalue weighted by Gasteiger charge is -2.30. The van der Waals surface area contributed by atoms with Crippen molar-refractivity contribution < 1.29 is 14.3 Å². The Hall–Kier alpha value is -2.86. The lowest BCUT2D eigenvalue weighted by molar-refractivity contribution is -0.126. The fourth-order valence-corrected chi connectivity index (χ4v) is 4.68. The molecule has 2 atom stereocenters. The summed E-state index contributed by atoms with van der Waals surface area (Å²) in [5.41, 5.74) is 3.18. The van der Waals surface area contributed by atoms with E-state index in [1.54, 1.807) is 12.0 Å². The molecule has 1 N–H and O–H groups in total. The molecular formula is C26H33N3O3. The summed E-state index contributed by atoms with van der Waals surface area (Å²) in [7, 11) is 1.61. The minimum atomic E-state index is -0.329. The smallest absolute Gasteiger partial charge is 0.227 e. The van der Waals surface area contributed by atoms with Gasteiger partial charge in [0.15, 0.2) is 0 Å². The number of hydrogen-bond donors (Lipinski definition) is 1. The van der Waals surface area contributed by atoms with Crippen molar-refractivity contribution >= 4 is 17.5 Å². The Balaban J connectivity index is 1.26. The zero-order valence-electron chi connectivity index (χ0n) is 19.0. The first-order chi connectivity index (χ1) is 15.5. The Labute approximate surface area is 190 Å². The second kappa shape index (κ2) is 10.2. The molecule has 0 aromatic heterocycles. The zero-order valence-corrected chi connectivity index (χ0v) is 19.0. The topological polar surface area (TPSA) is 61.9 Å². The second-order valence-corrected chi connectivity index (χ2v) is 9.12. The Morgan fingerprint density at radius 1 is 1.06 bits per heavy atom. The normalized spacial score (nSPS) is 21.6.